The van der Waals surface area contributed by atoms with Crippen LogP contribution in [0.15, 0.2) is 138 Å². The first-order valence-corrected chi connectivity index (χ1v) is 14.1. The summed E-state index contributed by atoms with van der Waals surface area (Å²) in [6, 6.07) is 25.5. The van der Waals surface area contributed by atoms with Crippen LogP contribution in [0, 0.1) is 0 Å². The zero-order chi connectivity index (χ0) is 28.2. The van der Waals surface area contributed by atoms with Crippen LogP contribution < -0.4 is 15.7 Å². The molecule has 0 amide bonds. The lowest BCUT2D eigenvalue weighted by Crippen LogP contribution is -2.20. The van der Waals surface area contributed by atoms with Gasteiger partial charge in [0.25, 0.3) is 0 Å². The van der Waals surface area contributed by atoms with Crippen molar-refractivity contribution in [1.29, 1.82) is 0 Å². The van der Waals surface area contributed by atoms with E-state index in [1.54, 1.807) is 0 Å². The first kappa shape index (κ1) is 26.3. The fourth-order valence-electron chi connectivity index (χ4n) is 5.62. The van der Waals surface area contributed by atoms with Crippen LogP contribution in [0.3, 0.4) is 0 Å². The maximum Gasteiger partial charge on any atom is 0.227 e. The molecule has 0 saturated heterocycles. The van der Waals surface area contributed by atoms with E-state index >= 15 is 0 Å². The molecular formula is C38H34N2O. The van der Waals surface area contributed by atoms with E-state index in [9.17, 15) is 0 Å². The van der Waals surface area contributed by atoms with Gasteiger partial charge in [0.15, 0.2) is 0 Å². The monoisotopic (exact) mass is 534 g/mol. The van der Waals surface area contributed by atoms with Crippen molar-refractivity contribution >= 4 is 18.3 Å². The number of allylic oxidation sites excluding steroid dienone is 8. The highest BCUT2D eigenvalue weighted by atomic mass is 16.3. The van der Waals surface area contributed by atoms with Gasteiger partial charge < -0.3 is 9.32 Å². The number of hydrogen-bond acceptors (Lipinski definition) is 3. The van der Waals surface area contributed by atoms with Crippen molar-refractivity contribution in [2.45, 2.75) is 32.1 Å². The summed E-state index contributed by atoms with van der Waals surface area (Å²) in [6.45, 7) is 8.73. The Balaban J connectivity index is 1.41. The maximum absolute atomic E-state index is 5.88. The summed E-state index contributed by atoms with van der Waals surface area (Å²) in [5.74, 6) is 0.575. The lowest BCUT2D eigenvalue weighted by Gasteiger charge is -2.27. The molecule has 1 heterocycles. The van der Waals surface area contributed by atoms with Crippen LogP contribution >= 0.6 is 0 Å². The Bertz CT molecular complexity index is 1830. The number of benzene rings is 3. The average molecular weight is 535 g/mol. The predicted octanol–water partition coefficient (Wildman–Crippen LogP) is 8.21. The zero-order valence-corrected chi connectivity index (χ0v) is 23.6. The van der Waals surface area contributed by atoms with Gasteiger partial charge in [-0.3, -0.25) is 0 Å². The Morgan fingerprint density at radius 3 is 2.49 bits per heavy atom. The minimum Gasteiger partial charge on any atom is -0.437 e. The van der Waals surface area contributed by atoms with Gasteiger partial charge in [0.1, 0.15) is 10.8 Å². The molecule has 6 rings (SSSR count). The second kappa shape index (κ2) is 11.3. The predicted molar refractivity (Wildman–Crippen MR) is 172 cm³/mol. The van der Waals surface area contributed by atoms with Crippen molar-refractivity contribution in [3.63, 3.8) is 0 Å². The van der Waals surface area contributed by atoms with Gasteiger partial charge in [0.2, 0.25) is 5.89 Å². The Labute approximate surface area is 242 Å². The van der Waals surface area contributed by atoms with E-state index in [0.29, 0.717) is 11.3 Å². The smallest absolute Gasteiger partial charge is 0.227 e. The van der Waals surface area contributed by atoms with E-state index < -0.39 is 0 Å². The summed E-state index contributed by atoms with van der Waals surface area (Å²) in [7, 11) is 0. The van der Waals surface area contributed by atoms with Crippen molar-refractivity contribution in [3.05, 3.63) is 155 Å². The molecule has 0 spiro atoms. The number of oxazole rings is 1. The first-order chi connectivity index (χ1) is 20.0. The molecule has 0 radical (unpaired) electrons. The van der Waals surface area contributed by atoms with Gasteiger partial charge in [-0.05, 0) is 71.2 Å². The summed E-state index contributed by atoms with van der Waals surface area (Å²) in [4.78, 5) is 6.98. The highest BCUT2D eigenvalue weighted by Gasteiger charge is 2.35. The molecule has 0 bridgehead atoms. The van der Waals surface area contributed by atoms with Gasteiger partial charge in [-0.2, -0.15) is 0 Å². The zero-order valence-electron chi connectivity index (χ0n) is 23.6. The van der Waals surface area contributed by atoms with Gasteiger partial charge >= 0.3 is 0 Å². The van der Waals surface area contributed by atoms with Crippen LogP contribution in [0.5, 0.6) is 0 Å². The lowest BCUT2D eigenvalue weighted by molar-refractivity contribution is 0.542. The molecule has 0 aliphatic heterocycles. The Hall–Kier alpha value is -4.89. The minimum absolute atomic E-state index is 0.0733. The quantitative estimate of drug-likeness (QED) is 0.258. The lowest BCUT2D eigenvalue weighted by atomic mass is 9.82. The molecule has 3 heteroatoms. The van der Waals surface area contributed by atoms with Gasteiger partial charge in [0.05, 0.1) is 0 Å². The van der Waals surface area contributed by atoms with E-state index in [0.717, 1.165) is 29.4 Å². The van der Waals surface area contributed by atoms with Crippen molar-refractivity contribution in [3.8, 4) is 22.6 Å². The molecule has 0 saturated carbocycles. The molecular weight excluding hydrogens is 500 g/mol. The van der Waals surface area contributed by atoms with Crippen molar-refractivity contribution in [1.82, 2.24) is 4.98 Å². The summed E-state index contributed by atoms with van der Waals surface area (Å²) < 4.78 is 5.88. The number of aromatic nitrogens is 1. The van der Waals surface area contributed by atoms with Crippen LogP contribution in [0.1, 0.15) is 37.8 Å². The molecule has 1 aromatic heterocycles. The number of fused-ring (bicyclic) bond motifs is 3. The molecule has 0 fully saturated rings. The third-order valence-electron chi connectivity index (χ3n) is 7.80. The summed E-state index contributed by atoms with van der Waals surface area (Å²) in [5.41, 5.74) is 9.06. The van der Waals surface area contributed by atoms with E-state index in [1.807, 2.05) is 42.5 Å². The number of hydrogen-bond donors (Lipinski definition) is 0. The molecule has 0 atom stereocenters. The topological polar surface area (TPSA) is 29.3 Å². The van der Waals surface area contributed by atoms with Gasteiger partial charge in [-0.1, -0.05) is 105 Å². The van der Waals surface area contributed by atoms with Crippen molar-refractivity contribution in [2.75, 3.05) is 4.90 Å². The molecule has 0 N–H and O–H groups in total. The Morgan fingerprint density at radius 2 is 1.61 bits per heavy atom. The van der Waals surface area contributed by atoms with Crippen LogP contribution in [0.2, 0.25) is 0 Å². The fraction of sp³-hybridized carbons (Fsp3) is 0.132. The van der Waals surface area contributed by atoms with Crippen LogP contribution in [0.4, 0.5) is 5.69 Å². The normalized spacial score (nSPS) is 19.7. The molecule has 41 heavy (non-hydrogen) atoms. The summed E-state index contributed by atoms with van der Waals surface area (Å²) in [5, 5.41) is 0.718. The van der Waals surface area contributed by atoms with Gasteiger partial charge in [0, 0.05) is 35.0 Å². The van der Waals surface area contributed by atoms with Crippen molar-refractivity contribution in [2.24, 2.45) is 0 Å². The van der Waals surface area contributed by atoms with E-state index in [4.69, 9.17) is 9.40 Å². The van der Waals surface area contributed by atoms with Crippen LogP contribution in [-0.4, -0.2) is 4.98 Å². The third kappa shape index (κ3) is 5.31. The molecule has 0 unspecified atom stereocenters. The summed E-state index contributed by atoms with van der Waals surface area (Å²) in [6.07, 6.45) is 23.0. The van der Waals surface area contributed by atoms with E-state index in [1.165, 1.54) is 28.0 Å². The number of nitrogens with zero attached hydrogens (tertiary/aromatic N) is 2. The maximum atomic E-state index is 5.88. The molecule has 3 aromatic carbocycles. The molecule has 4 aromatic rings. The van der Waals surface area contributed by atoms with Crippen LogP contribution in [0.25, 0.3) is 35.2 Å². The standard InChI is InChI=1S/C38H34N2O/c1-28-36(39-37(41-28)29-17-10-9-11-18-29)23-16-26-40(30-19-12-7-5-4-6-8-13-20-30)31-24-25-33-32-21-14-15-22-34(32)38(2,3)35(33)27-31/h4-5,7-18,20-27H,1,6,19H2,2-3H3/b5-4-,12-7-,13-8-,26-16+,30-20+,36-23+. The van der Waals surface area contributed by atoms with E-state index in [-0.39, 0.29) is 5.41 Å². The molecule has 2 aliphatic rings. The van der Waals surface area contributed by atoms with Crippen LogP contribution in [-0.2, 0) is 5.41 Å². The minimum atomic E-state index is -0.0733. The van der Waals surface area contributed by atoms with Gasteiger partial charge in [-0.25, -0.2) is 4.98 Å². The number of anilines is 1. The molecule has 2 aliphatic carbocycles. The first-order valence-electron chi connectivity index (χ1n) is 14.1. The summed E-state index contributed by atoms with van der Waals surface area (Å²) >= 11 is 0. The number of rotatable bonds is 5. The Kier molecular flexibility index (Phi) is 7.26. The second-order valence-electron chi connectivity index (χ2n) is 10.9. The highest BCUT2D eigenvalue weighted by molar-refractivity contribution is 5.83. The van der Waals surface area contributed by atoms with E-state index in [2.05, 4.69) is 117 Å². The third-order valence-corrected chi connectivity index (χ3v) is 7.80. The molecule has 3 nitrogen and oxygen atoms in total. The molecule has 202 valence electrons. The second-order valence-corrected chi connectivity index (χ2v) is 10.9. The highest BCUT2D eigenvalue weighted by Crippen LogP contribution is 2.49. The van der Waals surface area contributed by atoms with Gasteiger partial charge in [-0.15, -0.1) is 0 Å². The Morgan fingerprint density at radius 1 is 0.854 bits per heavy atom. The van der Waals surface area contributed by atoms with Crippen molar-refractivity contribution < 1.29 is 4.42 Å². The largest absolute Gasteiger partial charge is 0.437 e. The SMILES string of the molecule is C=c1oc(-c2ccccc2)n/c1=C/C=C/N(/C1=C/C=C\C/C=C\C=C/C1)c1ccc2c(c1)C(C)(C)c1ccccc1-2. The fourth-order valence-corrected chi connectivity index (χ4v) is 5.62. The average Bonchev–Trinajstić information content (AvgIpc) is 3.48.